The lowest BCUT2D eigenvalue weighted by molar-refractivity contribution is 0.0846. The Morgan fingerprint density at radius 2 is 2.33 bits per heavy atom. The van der Waals surface area contributed by atoms with E-state index in [2.05, 4.69) is 23.7 Å². The van der Waals surface area contributed by atoms with E-state index in [-0.39, 0.29) is 0 Å². The largest absolute Gasteiger partial charge is 0.388 e. The van der Waals surface area contributed by atoms with E-state index in [1.807, 2.05) is 13.2 Å². The average Bonchev–Trinajstić information content (AvgIpc) is 2.51. The Bertz CT molecular complexity index is 297. The Morgan fingerprint density at radius 1 is 1.60 bits per heavy atom. The van der Waals surface area contributed by atoms with Crippen molar-refractivity contribution in [2.75, 3.05) is 18.6 Å². The van der Waals surface area contributed by atoms with Crippen LogP contribution in [0.15, 0.2) is 11.4 Å². The van der Waals surface area contributed by atoms with E-state index in [0.717, 1.165) is 12.3 Å². The van der Waals surface area contributed by atoms with Crippen molar-refractivity contribution in [3.8, 4) is 0 Å². The molecule has 1 heterocycles. The highest BCUT2D eigenvalue weighted by Crippen LogP contribution is 2.15. The van der Waals surface area contributed by atoms with E-state index >= 15 is 0 Å². The molecule has 1 atom stereocenters. The molecule has 1 aromatic heterocycles. The van der Waals surface area contributed by atoms with Gasteiger partial charge in [0, 0.05) is 23.7 Å². The summed E-state index contributed by atoms with van der Waals surface area (Å²) in [6, 6.07) is 2.13. The molecule has 86 valence electrons. The summed E-state index contributed by atoms with van der Waals surface area (Å²) in [6.45, 7) is 5.49. The van der Waals surface area contributed by atoms with Gasteiger partial charge in [-0.25, -0.2) is 0 Å². The molecule has 1 aromatic rings. The summed E-state index contributed by atoms with van der Waals surface area (Å²) < 4.78 is 0. The van der Waals surface area contributed by atoms with Gasteiger partial charge < -0.3 is 10.4 Å². The van der Waals surface area contributed by atoms with Gasteiger partial charge in [0.2, 0.25) is 0 Å². The van der Waals surface area contributed by atoms with Crippen LogP contribution in [0.4, 0.5) is 0 Å². The standard InChI is InChI=1S/C11H19NOS2/c1-9-4-5-15-10(9)6-12-7-11(2,13)8-14-3/h4-5,12-13H,6-8H2,1-3H3. The number of hydrogen-bond donors (Lipinski definition) is 2. The lowest BCUT2D eigenvalue weighted by atomic mass is 10.1. The van der Waals surface area contributed by atoms with E-state index in [1.165, 1.54) is 10.4 Å². The number of nitrogens with one attached hydrogen (secondary N) is 1. The van der Waals surface area contributed by atoms with Gasteiger partial charge in [-0.1, -0.05) is 0 Å². The molecule has 1 rings (SSSR count). The maximum absolute atomic E-state index is 9.93. The molecule has 4 heteroatoms. The molecule has 0 aliphatic carbocycles. The molecule has 0 aliphatic heterocycles. The molecule has 0 radical (unpaired) electrons. The highest BCUT2D eigenvalue weighted by Gasteiger charge is 2.18. The van der Waals surface area contributed by atoms with Crippen LogP contribution in [0.1, 0.15) is 17.4 Å². The van der Waals surface area contributed by atoms with Crippen molar-refractivity contribution in [2.24, 2.45) is 0 Å². The molecule has 0 saturated heterocycles. The molecule has 0 aliphatic rings. The fraction of sp³-hybridized carbons (Fsp3) is 0.636. The summed E-state index contributed by atoms with van der Waals surface area (Å²) in [5, 5.41) is 15.3. The fourth-order valence-electron chi connectivity index (χ4n) is 1.39. The second-order valence-corrected chi connectivity index (χ2v) is 5.93. The first-order valence-corrected chi connectivity index (χ1v) is 7.27. The highest BCUT2D eigenvalue weighted by molar-refractivity contribution is 7.98. The predicted octanol–water partition coefficient (Wildman–Crippen LogP) is 2.26. The van der Waals surface area contributed by atoms with Gasteiger partial charge >= 0.3 is 0 Å². The Hall–Kier alpha value is -0.0300. The molecule has 0 saturated carbocycles. The first kappa shape index (κ1) is 13.0. The van der Waals surface area contributed by atoms with Crippen molar-refractivity contribution < 1.29 is 5.11 Å². The predicted molar refractivity (Wildman–Crippen MR) is 69.8 cm³/mol. The van der Waals surface area contributed by atoms with Crippen LogP contribution in [0.3, 0.4) is 0 Å². The van der Waals surface area contributed by atoms with Crippen LogP contribution >= 0.6 is 23.1 Å². The number of rotatable bonds is 6. The minimum Gasteiger partial charge on any atom is -0.388 e. The van der Waals surface area contributed by atoms with E-state index in [4.69, 9.17) is 0 Å². The van der Waals surface area contributed by atoms with Gasteiger partial charge in [0.25, 0.3) is 0 Å². The molecule has 1 unspecified atom stereocenters. The lowest BCUT2D eigenvalue weighted by Crippen LogP contribution is -2.39. The Labute approximate surface area is 100 Å². The molecule has 0 spiro atoms. The third-order valence-electron chi connectivity index (χ3n) is 2.21. The van der Waals surface area contributed by atoms with Gasteiger partial charge in [0.1, 0.15) is 0 Å². The molecule has 15 heavy (non-hydrogen) atoms. The van der Waals surface area contributed by atoms with Crippen LogP contribution in [-0.2, 0) is 6.54 Å². The Morgan fingerprint density at radius 3 is 2.87 bits per heavy atom. The van der Waals surface area contributed by atoms with Crippen molar-refractivity contribution in [3.05, 3.63) is 21.9 Å². The van der Waals surface area contributed by atoms with E-state index in [9.17, 15) is 5.11 Å². The zero-order valence-corrected chi connectivity index (χ0v) is 11.2. The number of aryl methyl sites for hydroxylation is 1. The monoisotopic (exact) mass is 245 g/mol. The van der Waals surface area contributed by atoms with Crippen LogP contribution in [0, 0.1) is 6.92 Å². The van der Waals surface area contributed by atoms with Crippen molar-refractivity contribution in [2.45, 2.75) is 26.0 Å². The maximum Gasteiger partial charge on any atom is 0.0833 e. The molecule has 2 N–H and O–H groups in total. The minimum absolute atomic E-state index is 0.607. The van der Waals surface area contributed by atoms with Gasteiger partial charge in [0.05, 0.1) is 5.60 Å². The Kier molecular flexibility index (Phi) is 5.12. The number of thioether (sulfide) groups is 1. The van der Waals surface area contributed by atoms with Gasteiger partial charge in [-0.05, 0) is 37.1 Å². The number of aliphatic hydroxyl groups is 1. The fourth-order valence-corrected chi connectivity index (χ4v) is 2.99. The van der Waals surface area contributed by atoms with Crippen LogP contribution < -0.4 is 5.32 Å². The van der Waals surface area contributed by atoms with Crippen molar-refractivity contribution >= 4 is 23.1 Å². The van der Waals surface area contributed by atoms with Crippen LogP contribution in [0.25, 0.3) is 0 Å². The van der Waals surface area contributed by atoms with Crippen LogP contribution in [0.5, 0.6) is 0 Å². The van der Waals surface area contributed by atoms with E-state index < -0.39 is 5.60 Å². The molecule has 0 fully saturated rings. The molecule has 0 aromatic carbocycles. The topological polar surface area (TPSA) is 32.3 Å². The van der Waals surface area contributed by atoms with E-state index in [0.29, 0.717) is 6.54 Å². The van der Waals surface area contributed by atoms with Gasteiger partial charge in [-0.2, -0.15) is 11.8 Å². The molecular formula is C11H19NOS2. The van der Waals surface area contributed by atoms with Gasteiger partial charge in [-0.15, -0.1) is 11.3 Å². The highest BCUT2D eigenvalue weighted by atomic mass is 32.2. The molecule has 0 bridgehead atoms. The van der Waals surface area contributed by atoms with Crippen LogP contribution in [0.2, 0.25) is 0 Å². The summed E-state index contributed by atoms with van der Waals surface area (Å²) in [5.41, 5.74) is 0.724. The van der Waals surface area contributed by atoms with Gasteiger partial charge in [-0.3, -0.25) is 0 Å². The van der Waals surface area contributed by atoms with Crippen molar-refractivity contribution in [3.63, 3.8) is 0 Å². The normalized spacial score (nSPS) is 15.2. The third kappa shape index (κ3) is 4.55. The first-order chi connectivity index (χ1) is 7.05. The number of thiophene rings is 1. The average molecular weight is 245 g/mol. The quantitative estimate of drug-likeness (QED) is 0.806. The molecule has 0 amide bonds. The summed E-state index contributed by atoms with van der Waals surface area (Å²) in [4.78, 5) is 1.36. The Balaban J connectivity index is 2.30. The molecular weight excluding hydrogens is 226 g/mol. The zero-order valence-electron chi connectivity index (χ0n) is 9.54. The second-order valence-electron chi connectivity index (χ2n) is 4.06. The van der Waals surface area contributed by atoms with Crippen molar-refractivity contribution in [1.82, 2.24) is 5.32 Å². The van der Waals surface area contributed by atoms with Gasteiger partial charge in [0.15, 0.2) is 0 Å². The summed E-state index contributed by atoms with van der Waals surface area (Å²) >= 11 is 3.44. The number of hydrogen-bond acceptors (Lipinski definition) is 4. The summed E-state index contributed by atoms with van der Waals surface area (Å²) in [5.74, 6) is 0.767. The van der Waals surface area contributed by atoms with Crippen LogP contribution in [-0.4, -0.2) is 29.3 Å². The first-order valence-electron chi connectivity index (χ1n) is 5.00. The summed E-state index contributed by atoms with van der Waals surface area (Å²) in [7, 11) is 0. The maximum atomic E-state index is 9.93. The zero-order chi connectivity index (χ0) is 11.3. The third-order valence-corrected chi connectivity index (χ3v) is 4.15. The van der Waals surface area contributed by atoms with Crippen molar-refractivity contribution in [1.29, 1.82) is 0 Å². The SMILES string of the molecule is CSCC(C)(O)CNCc1sccc1C. The second kappa shape index (κ2) is 5.89. The smallest absolute Gasteiger partial charge is 0.0833 e. The lowest BCUT2D eigenvalue weighted by Gasteiger charge is -2.22. The minimum atomic E-state index is -0.607. The van der Waals surface area contributed by atoms with E-state index in [1.54, 1.807) is 23.1 Å². The summed E-state index contributed by atoms with van der Waals surface area (Å²) in [6.07, 6.45) is 2.01. The molecule has 2 nitrogen and oxygen atoms in total.